The summed E-state index contributed by atoms with van der Waals surface area (Å²) in [6.07, 6.45) is 4.58. The number of hydrogen-bond acceptors (Lipinski definition) is 6. The molecule has 0 aliphatic carbocycles. The molecule has 2 N–H and O–H groups in total. The highest BCUT2D eigenvalue weighted by Crippen LogP contribution is 2.34. The van der Waals surface area contributed by atoms with Crippen molar-refractivity contribution in [2.24, 2.45) is 5.92 Å². The van der Waals surface area contributed by atoms with Gasteiger partial charge in [0.1, 0.15) is 5.75 Å². The number of rotatable bonds is 11. The van der Waals surface area contributed by atoms with E-state index in [0.29, 0.717) is 25.4 Å². The first-order valence-electron chi connectivity index (χ1n) is 11.0. The van der Waals surface area contributed by atoms with Gasteiger partial charge in [-0.05, 0) is 76.0 Å². The van der Waals surface area contributed by atoms with Crippen molar-refractivity contribution < 1.29 is 29.2 Å². The summed E-state index contributed by atoms with van der Waals surface area (Å²) in [5.74, 6) is 0.975. The van der Waals surface area contributed by atoms with Gasteiger partial charge in [-0.15, -0.1) is 0 Å². The number of aliphatic hydroxyl groups excluding tert-OH is 1. The molecule has 4 atom stereocenters. The normalized spacial score (nSPS) is 21.7. The molecule has 1 fully saturated rings. The van der Waals surface area contributed by atoms with E-state index in [1.54, 1.807) is 13.8 Å². The molecule has 0 bridgehead atoms. The van der Waals surface area contributed by atoms with E-state index in [2.05, 4.69) is 6.92 Å². The average molecular weight is 423 g/mol. The number of benzene rings is 1. The summed E-state index contributed by atoms with van der Waals surface area (Å²) in [5, 5.41) is 19.8. The highest BCUT2D eigenvalue weighted by molar-refractivity contribution is 5.69. The van der Waals surface area contributed by atoms with Crippen LogP contribution in [0.5, 0.6) is 5.75 Å². The highest BCUT2D eigenvalue weighted by Gasteiger charge is 2.26. The van der Waals surface area contributed by atoms with Gasteiger partial charge in [-0.1, -0.05) is 19.1 Å². The number of carbonyl (C=O) groups excluding carboxylic acids is 1. The number of hydrogen-bond donors (Lipinski definition) is 2. The molecule has 0 unspecified atom stereocenters. The van der Waals surface area contributed by atoms with Crippen LogP contribution in [0.25, 0.3) is 0 Å². The lowest BCUT2D eigenvalue weighted by Crippen LogP contribution is -2.36. The van der Waals surface area contributed by atoms with E-state index < -0.39 is 11.7 Å². The third-order valence-corrected chi connectivity index (χ3v) is 5.83. The number of ether oxygens (including phenoxy) is 3. The summed E-state index contributed by atoms with van der Waals surface area (Å²) in [6, 6.07) is 7.98. The largest absolute Gasteiger partial charge is 0.494 e. The fourth-order valence-electron chi connectivity index (χ4n) is 3.69. The quantitative estimate of drug-likeness (QED) is 0.521. The Morgan fingerprint density at radius 2 is 2.03 bits per heavy atom. The summed E-state index contributed by atoms with van der Waals surface area (Å²) < 4.78 is 16.8. The SMILES string of the molecule is COC(=O)C[C@H]1CCC[C@@H](c2cccc(OCC[C@@H](C)CC[C@@H](O)C(C)(C)O)c2)O1. The van der Waals surface area contributed by atoms with E-state index in [9.17, 15) is 15.0 Å². The van der Waals surface area contributed by atoms with E-state index in [1.807, 2.05) is 24.3 Å². The van der Waals surface area contributed by atoms with Gasteiger partial charge in [-0.3, -0.25) is 4.79 Å². The molecule has 6 heteroatoms. The zero-order chi connectivity index (χ0) is 22.1. The van der Waals surface area contributed by atoms with Crippen molar-refractivity contribution in [3.05, 3.63) is 29.8 Å². The van der Waals surface area contributed by atoms with Gasteiger partial charge in [0, 0.05) is 0 Å². The summed E-state index contributed by atoms with van der Waals surface area (Å²) in [6.45, 7) is 5.99. The molecule has 1 aliphatic rings. The molecular weight excluding hydrogens is 384 g/mol. The molecule has 1 saturated heterocycles. The van der Waals surface area contributed by atoms with Gasteiger partial charge >= 0.3 is 5.97 Å². The Labute approximate surface area is 180 Å². The van der Waals surface area contributed by atoms with Crippen molar-refractivity contribution in [1.29, 1.82) is 0 Å². The smallest absolute Gasteiger partial charge is 0.308 e. The number of carbonyl (C=O) groups is 1. The zero-order valence-electron chi connectivity index (χ0n) is 18.8. The predicted octanol–water partition coefficient (Wildman–Crippen LogP) is 4.18. The molecule has 0 spiro atoms. The average Bonchev–Trinajstić information content (AvgIpc) is 2.71. The van der Waals surface area contributed by atoms with Gasteiger partial charge in [0.15, 0.2) is 0 Å². The first kappa shape index (κ1) is 24.6. The lowest BCUT2D eigenvalue weighted by molar-refractivity contribution is -0.147. The van der Waals surface area contributed by atoms with Gasteiger partial charge in [0.05, 0.1) is 44.1 Å². The predicted molar refractivity (Wildman–Crippen MR) is 115 cm³/mol. The molecule has 1 aromatic carbocycles. The van der Waals surface area contributed by atoms with Gasteiger partial charge in [-0.2, -0.15) is 0 Å². The lowest BCUT2D eigenvalue weighted by atomic mass is 9.93. The first-order chi connectivity index (χ1) is 14.2. The molecule has 0 radical (unpaired) electrons. The molecule has 0 amide bonds. The minimum Gasteiger partial charge on any atom is -0.494 e. The van der Waals surface area contributed by atoms with Crippen LogP contribution in [0.3, 0.4) is 0 Å². The van der Waals surface area contributed by atoms with Gasteiger partial charge < -0.3 is 24.4 Å². The molecule has 6 nitrogen and oxygen atoms in total. The summed E-state index contributed by atoms with van der Waals surface area (Å²) in [5.41, 5.74) is 0.0108. The van der Waals surface area contributed by atoms with E-state index in [1.165, 1.54) is 7.11 Å². The van der Waals surface area contributed by atoms with Crippen LogP contribution in [0.4, 0.5) is 0 Å². The molecule has 0 saturated carbocycles. The molecule has 1 aromatic rings. The van der Waals surface area contributed by atoms with E-state index in [4.69, 9.17) is 14.2 Å². The maximum atomic E-state index is 11.5. The van der Waals surface area contributed by atoms with Crippen molar-refractivity contribution in [2.45, 2.75) is 89.6 Å². The van der Waals surface area contributed by atoms with Gasteiger partial charge in [0.2, 0.25) is 0 Å². The second kappa shape index (κ2) is 11.7. The van der Waals surface area contributed by atoms with Crippen molar-refractivity contribution in [2.75, 3.05) is 13.7 Å². The topological polar surface area (TPSA) is 85.2 Å². The van der Waals surface area contributed by atoms with Crippen molar-refractivity contribution in [3.63, 3.8) is 0 Å². The van der Waals surface area contributed by atoms with Crippen molar-refractivity contribution in [3.8, 4) is 5.75 Å². The summed E-state index contributed by atoms with van der Waals surface area (Å²) >= 11 is 0. The van der Waals surface area contributed by atoms with Crippen molar-refractivity contribution in [1.82, 2.24) is 0 Å². The maximum Gasteiger partial charge on any atom is 0.308 e. The van der Waals surface area contributed by atoms with E-state index >= 15 is 0 Å². The fourth-order valence-corrected chi connectivity index (χ4v) is 3.69. The van der Waals surface area contributed by atoms with Crippen molar-refractivity contribution >= 4 is 5.97 Å². The van der Waals surface area contributed by atoms with Crippen LogP contribution in [-0.4, -0.2) is 47.7 Å². The Morgan fingerprint density at radius 1 is 1.27 bits per heavy atom. The Hall–Kier alpha value is -1.63. The number of methoxy groups -OCH3 is 1. The Kier molecular flexibility index (Phi) is 9.59. The molecule has 2 rings (SSSR count). The fraction of sp³-hybridized carbons (Fsp3) is 0.708. The first-order valence-corrected chi connectivity index (χ1v) is 11.0. The van der Waals surface area contributed by atoms with E-state index in [-0.39, 0.29) is 18.2 Å². The van der Waals surface area contributed by atoms with Gasteiger partial charge in [-0.25, -0.2) is 0 Å². The molecule has 0 aromatic heterocycles. The minimum absolute atomic E-state index is 0.0285. The van der Waals surface area contributed by atoms with Crippen LogP contribution >= 0.6 is 0 Å². The van der Waals surface area contributed by atoms with Crippen LogP contribution < -0.4 is 4.74 Å². The van der Waals surface area contributed by atoms with E-state index in [0.717, 1.165) is 43.4 Å². The van der Waals surface area contributed by atoms with Crippen LogP contribution in [0.1, 0.15) is 77.4 Å². The van der Waals surface area contributed by atoms with Crippen LogP contribution in [0, 0.1) is 5.92 Å². The second-order valence-corrected chi connectivity index (χ2v) is 9.02. The third kappa shape index (κ3) is 8.25. The maximum absolute atomic E-state index is 11.5. The standard InChI is InChI=1S/C24H38O6/c1-17(11-12-22(25)24(2,3)27)13-14-29-19-8-5-7-18(15-19)21-10-6-9-20(30-21)16-23(26)28-4/h5,7-8,15,17,20-22,25,27H,6,9-14,16H2,1-4H3/t17-,20+,21-,22+/m0/s1. The number of aliphatic hydroxyl groups is 2. The van der Waals surface area contributed by atoms with Crippen LogP contribution in [0.2, 0.25) is 0 Å². The monoisotopic (exact) mass is 422 g/mol. The third-order valence-electron chi connectivity index (χ3n) is 5.83. The minimum atomic E-state index is -1.06. The van der Waals surface area contributed by atoms with Crippen LogP contribution in [0.15, 0.2) is 24.3 Å². The highest BCUT2D eigenvalue weighted by atomic mass is 16.5. The van der Waals surface area contributed by atoms with Crippen LogP contribution in [-0.2, 0) is 14.3 Å². The molecule has 170 valence electrons. The molecule has 1 heterocycles. The zero-order valence-corrected chi connectivity index (χ0v) is 18.8. The Morgan fingerprint density at radius 3 is 2.73 bits per heavy atom. The molecule has 30 heavy (non-hydrogen) atoms. The second-order valence-electron chi connectivity index (χ2n) is 9.02. The molecule has 1 aliphatic heterocycles. The summed E-state index contributed by atoms with van der Waals surface area (Å²) in [4.78, 5) is 11.5. The summed E-state index contributed by atoms with van der Waals surface area (Å²) in [7, 11) is 1.40. The Bertz CT molecular complexity index is 653. The van der Waals surface area contributed by atoms with Gasteiger partial charge in [0.25, 0.3) is 0 Å². The Balaban J connectivity index is 1.79. The lowest BCUT2D eigenvalue weighted by Gasteiger charge is -2.30. The number of esters is 1. The molecular formula is C24H38O6.